The number of amides is 1. The Morgan fingerprint density at radius 2 is 2.00 bits per heavy atom. The number of halogens is 2. The highest BCUT2D eigenvalue weighted by Gasteiger charge is 2.09. The maximum Gasteiger partial charge on any atom is 0.271 e. The van der Waals surface area contributed by atoms with Crippen molar-refractivity contribution in [3.05, 3.63) is 58.3 Å². The molecular formula is C12H10F2N4O2. The molecule has 2 aromatic heterocycles. The van der Waals surface area contributed by atoms with Gasteiger partial charge in [-0.3, -0.25) is 20.4 Å². The van der Waals surface area contributed by atoms with Crippen molar-refractivity contribution in [1.82, 2.24) is 15.0 Å². The van der Waals surface area contributed by atoms with Crippen molar-refractivity contribution in [2.75, 3.05) is 5.43 Å². The monoisotopic (exact) mass is 280 g/mol. The molecule has 6 nitrogen and oxygen atoms in total. The van der Waals surface area contributed by atoms with Crippen molar-refractivity contribution >= 4 is 11.6 Å². The number of anilines is 1. The maximum atomic E-state index is 13.2. The summed E-state index contributed by atoms with van der Waals surface area (Å²) in [7, 11) is 1.50. The van der Waals surface area contributed by atoms with Crippen LogP contribution in [0, 0.1) is 11.9 Å². The van der Waals surface area contributed by atoms with Crippen LogP contribution in [0.3, 0.4) is 0 Å². The van der Waals surface area contributed by atoms with Gasteiger partial charge in [0.25, 0.3) is 5.91 Å². The fourth-order valence-electron chi connectivity index (χ4n) is 1.43. The minimum Gasteiger partial charge on any atom is -0.318 e. The van der Waals surface area contributed by atoms with Gasteiger partial charge >= 0.3 is 0 Å². The van der Waals surface area contributed by atoms with Gasteiger partial charge in [0.2, 0.25) is 17.5 Å². The third kappa shape index (κ3) is 2.97. The molecule has 104 valence electrons. The summed E-state index contributed by atoms with van der Waals surface area (Å²) in [6.45, 7) is 0. The number of hydrazine groups is 1. The molecule has 0 atom stereocenters. The molecule has 20 heavy (non-hydrogen) atoms. The van der Waals surface area contributed by atoms with Gasteiger partial charge < -0.3 is 4.57 Å². The van der Waals surface area contributed by atoms with Crippen molar-refractivity contribution in [2.45, 2.75) is 0 Å². The molecule has 0 unspecified atom stereocenters. The molecule has 0 spiro atoms. The summed E-state index contributed by atoms with van der Waals surface area (Å²) in [6, 6.07) is 4.61. The summed E-state index contributed by atoms with van der Waals surface area (Å²) in [4.78, 5) is 25.9. The van der Waals surface area contributed by atoms with E-state index in [1.165, 1.54) is 29.9 Å². The third-order valence-corrected chi connectivity index (χ3v) is 2.47. The van der Waals surface area contributed by atoms with E-state index in [0.29, 0.717) is 0 Å². The summed E-state index contributed by atoms with van der Waals surface area (Å²) in [6.07, 6.45) is 1.33. The molecule has 0 saturated carbocycles. The van der Waals surface area contributed by atoms with E-state index >= 15 is 0 Å². The number of nitrogens with zero attached hydrogens (tertiary/aromatic N) is 2. The summed E-state index contributed by atoms with van der Waals surface area (Å²) < 4.78 is 27.0. The van der Waals surface area contributed by atoms with Gasteiger partial charge in [-0.05, 0) is 18.2 Å². The first-order valence-corrected chi connectivity index (χ1v) is 5.52. The normalized spacial score (nSPS) is 10.2. The van der Waals surface area contributed by atoms with Crippen molar-refractivity contribution < 1.29 is 13.6 Å². The summed E-state index contributed by atoms with van der Waals surface area (Å²) >= 11 is 0. The molecule has 0 aliphatic carbocycles. The standard InChI is InChI=1S/C12H10F2N4O2/c1-18-6-7(2-5-10(18)19)12(20)17-16-8-3-4-9(13)15-11(8)14/h2-6,16H,1H3,(H,17,20). The van der Waals surface area contributed by atoms with E-state index in [-0.39, 0.29) is 16.8 Å². The Hall–Kier alpha value is -2.77. The first-order chi connectivity index (χ1) is 9.47. The Kier molecular flexibility index (Phi) is 3.74. The molecule has 0 bridgehead atoms. The highest BCUT2D eigenvalue weighted by Crippen LogP contribution is 2.10. The molecule has 0 aromatic carbocycles. The lowest BCUT2D eigenvalue weighted by Gasteiger charge is -2.09. The van der Waals surface area contributed by atoms with E-state index in [2.05, 4.69) is 15.8 Å². The van der Waals surface area contributed by atoms with Gasteiger partial charge in [-0.25, -0.2) is 0 Å². The highest BCUT2D eigenvalue weighted by molar-refractivity contribution is 5.94. The Balaban J connectivity index is 2.08. The summed E-state index contributed by atoms with van der Waals surface area (Å²) in [5.74, 6) is -2.62. The van der Waals surface area contributed by atoms with Gasteiger partial charge in [0, 0.05) is 19.3 Å². The fraction of sp³-hybridized carbons (Fsp3) is 0.0833. The molecule has 1 amide bonds. The molecule has 0 aliphatic rings. The van der Waals surface area contributed by atoms with Gasteiger partial charge in [-0.2, -0.15) is 13.8 Å². The Morgan fingerprint density at radius 3 is 2.65 bits per heavy atom. The number of nitrogens with one attached hydrogen (secondary N) is 2. The van der Waals surface area contributed by atoms with Gasteiger partial charge in [0.1, 0.15) is 5.69 Å². The van der Waals surface area contributed by atoms with E-state index in [1.807, 2.05) is 0 Å². The smallest absolute Gasteiger partial charge is 0.271 e. The van der Waals surface area contributed by atoms with E-state index in [1.54, 1.807) is 0 Å². The minimum absolute atomic E-state index is 0.176. The lowest BCUT2D eigenvalue weighted by Crippen LogP contribution is -2.31. The van der Waals surface area contributed by atoms with Crippen molar-refractivity contribution in [3.63, 3.8) is 0 Å². The number of pyridine rings is 2. The van der Waals surface area contributed by atoms with Crippen molar-refractivity contribution in [1.29, 1.82) is 0 Å². The van der Waals surface area contributed by atoms with Crippen LogP contribution in [-0.2, 0) is 7.05 Å². The predicted molar refractivity (Wildman–Crippen MR) is 66.9 cm³/mol. The second kappa shape index (κ2) is 5.47. The zero-order chi connectivity index (χ0) is 14.7. The van der Waals surface area contributed by atoms with Gasteiger partial charge in [0.05, 0.1) is 5.56 Å². The van der Waals surface area contributed by atoms with Crippen LogP contribution >= 0.6 is 0 Å². The lowest BCUT2D eigenvalue weighted by molar-refractivity contribution is 0.0962. The van der Waals surface area contributed by atoms with Crippen LogP contribution in [0.2, 0.25) is 0 Å². The van der Waals surface area contributed by atoms with Crippen LogP contribution in [0.1, 0.15) is 10.4 Å². The van der Waals surface area contributed by atoms with Crippen LogP contribution in [0.15, 0.2) is 35.3 Å². The quantitative estimate of drug-likeness (QED) is 0.644. The number of rotatable bonds is 3. The van der Waals surface area contributed by atoms with Crippen LogP contribution < -0.4 is 16.4 Å². The SMILES string of the molecule is Cn1cc(C(=O)NNc2ccc(F)nc2F)ccc1=O. The van der Waals surface area contributed by atoms with Crippen molar-refractivity contribution in [3.8, 4) is 0 Å². The first kappa shape index (κ1) is 13.7. The molecule has 0 radical (unpaired) electrons. The van der Waals surface area contributed by atoms with Gasteiger partial charge in [-0.1, -0.05) is 0 Å². The summed E-state index contributed by atoms with van der Waals surface area (Å²) in [5.41, 5.74) is 4.26. The Labute approximate surface area is 112 Å². The Bertz CT molecular complexity index is 715. The molecule has 0 aliphatic heterocycles. The van der Waals surface area contributed by atoms with Crippen LogP contribution in [0.4, 0.5) is 14.5 Å². The Morgan fingerprint density at radius 1 is 1.25 bits per heavy atom. The number of hydrogen-bond donors (Lipinski definition) is 2. The van der Waals surface area contributed by atoms with E-state index in [0.717, 1.165) is 12.1 Å². The molecule has 8 heteroatoms. The zero-order valence-corrected chi connectivity index (χ0v) is 10.4. The van der Waals surface area contributed by atoms with Gasteiger partial charge in [0.15, 0.2) is 0 Å². The topological polar surface area (TPSA) is 76.0 Å². The summed E-state index contributed by atoms with van der Waals surface area (Å²) in [5, 5.41) is 0. The lowest BCUT2D eigenvalue weighted by atomic mass is 10.3. The zero-order valence-electron chi connectivity index (χ0n) is 10.4. The van der Waals surface area contributed by atoms with Gasteiger partial charge in [-0.15, -0.1) is 0 Å². The third-order valence-electron chi connectivity index (χ3n) is 2.47. The van der Waals surface area contributed by atoms with Crippen LogP contribution in [0.25, 0.3) is 0 Å². The first-order valence-electron chi connectivity index (χ1n) is 5.52. The van der Waals surface area contributed by atoms with E-state index in [9.17, 15) is 18.4 Å². The molecule has 2 N–H and O–H groups in total. The molecule has 2 aromatic rings. The van der Waals surface area contributed by atoms with E-state index in [4.69, 9.17) is 0 Å². The number of aromatic nitrogens is 2. The van der Waals surface area contributed by atoms with Crippen LogP contribution in [-0.4, -0.2) is 15.5 Å². The molecule has 0 fully saturated rings. The minimum atomic E-state index is -1.08. The van der Waals surface area contributed by atoms with Crippen LogP contribution in [0.5, 0.6) is 0 Å². The molecule has 2 rings (SSSR count). The highest BCUT2D eigenvalue weighted by atomic mass is 19.1. The number of carbonyl (C=O) groups is 1. The van der Waals surface area contributed by atoms with Crippen molar-refractivity contribution in [2.24, 2.45) is 7.05 Å². The maximum absolute atomic E-state index is 13.2. The van der Waals surface area contributed by atoms with E-state index < -0.39 is 17.8 Å². The number of carbonyl (C=O) groups excluding carboxylic acids is 1. The number of hydrogen-bond acceptors (Lipinski definition) is 4. The predicted octanol–water partition coefficient (Wildman–Crippen LogP) is 0.815. The molecule has 0 saturated heterocycles. The molecule has 2 heterocycles. The largest absolute Gasteiger partial charge is 0.318 e. The second-order valence-electron chi connectivity index (χ2n) is 3.92. The molecular weight excluding hydrogens is 270 g/mol. The second-order valence-corrected chi connectivity index (χ2v) is 3.92. The average Bonchev–Trinajstić information content (AvgIpc) is 2.40. The number of aryl methyl sites for hydroxylation is 1. The fourth-order valence-corrected chi connectivity index (χ4v) is 1.43. The average molecular weight is 280 g/mol.